The Kier molecular flexibility index (Phi) is 3.02. The first-order chi connectivity index (χ1) is 11.3. The van der Waals surface area contributed by atoms with Crippen LogP contribution in [0.3, 0.4) is 0 Å². The minimum absolute atomic E-state index is 0.0290. The highest BCUT2D eigenvalue weighted by Gasteiger charge is 2.72. The molecule has 0 aliphatic carbocycles. The van der Waals surface area contributed by atoms with Crippen molar-refractivity contribution in [2.45, 2.75) is 37.4 Å². The summed E-state index contributed by atoms with van der Waals surface area (Å²) in [6.45, 7) is 1.83. The Morgan fingerprint density at radius 3 is 2.75 bits per heavy atom. The summed E-state index contributed by atoms with van der Waals surface area (Å²) in [5, 5.41) is 14.8. The molecule has 3 heterocycles. The molecule has 3 aliphatic rings. The Hall–Kier alpha value is -2.41. The topological polar surface area (TPSA) is 105 Å². The third-order valence-electron chi connectivity index (χ3n) is 5.49. The second kappa shape index (κ2) is 4.80. The van der Waals surface area contributed by atoms with Gasteiger partial charge in [0.1, 0.15) is 5.75 Å². The summed E-state index contributed by atoms with van der Waals surface area (Å²) in [5.41, 5.74) is -1.35. The summed E-state index contributed by atoms with van der Waals surface area (Å²) in [5.74, 6) is -2.21. The Morgan fingerprint density at radius 2 is 2.00 bits per heavy atom. The number of ether oxygens (including phenoxy) is 1. The highest BCUT2D eigenvalue weighted by molar-refractivity contribution is 6.07. The summed E-state index contributed by atoms with van der Waals surface area (Å²) < 4.78 is 6.09. The maximum absolute atomic E-state index is 12.5. The minimum Gasteiger partial charge on any atom is -0.506 e. The standard InChI is InChI=1S/C17H18N2O5/c1-16-6-7-17(24-16,13-12(16)14(22)19-15(13)23)8-11(21)18-9-4-2-3-5-10(9)20/h2-5,12-13,20H,6-8H2,1H3,(H,18,21)(H,19,22,23). The number of amides is 3. The van der Waals surface area contributed by atoms with E-state index >= 15 is 0 Å². The molecule has 7 nitrogen and oxygen atoms in total. The van der Waals surface area contributed by atoms with E-state index in [0.29, 0.717) is 18.5 Å². The molecule has 24 heavy (non-hydrogen) atoms. The van der Waals surface area contributed by atoms with E-state index in [1.165, 1.54) is 6.07 Å². The van der Waals surface area contributed by atoms with Crippen LogP contribution in [0, 0.1) is 11.8 Å². The molecule has 0 aromatic heterocycles. The van der Waals surface area contributed by atoms with Crippen LogP contribution in [-0.2, 0) is 19.1 Å². The van der Waals surface area contributed by atoms with Crippen LogP contribution in [0.2, 0.25) is 0 Å². The molecule has 7 heteroatoms. The van der Waals surface area contributed by atoms with Crippen LogP contribution in [0.5, 0.6) is 5.75 Å². The van der Waals surface area contributed by atoms with Crippen molar-refractivity contribution in [1.82, 2.24) is 5.32 Å². The summed E-state index contributed by atoms with van der Waals surface area (Å²) in [7, 11) is 0. The fourth-order valence-electron chi connectivity index (χ4n) is 4.50. The van der Waals surface area contributed by atoms with Gasteiger partial charge in [0.15, 0.2) is 0 Å². The first kappa shape index (κ1) is 15.1. The van der Waals surface area contributed by atoms with Crippen LogP contribution in [-0.4, -0.2) is 34.0 Å². The van der Waals surface area contributed by atoms with E-state index in [4.69, 9.17) is 4.74 Å². The van der Waals surface area contributed by atoms with Crippen molar-refractivity contribution in [2.24, 2.45) is 11.8 Å². The molecule has 126 valence electrons. The summed E-state index contributed by atoms with van der Waals surface area (Å²) in [6, 6.07) is 6.43. The monoisotopic (exact) mass is 330 g/mol. The number of carbonyl (C=O) groups is 3. The van der Waals surface area contributed by atoms with Gasteiger partial charge in [-0.3, -0.25) is 19.7 Å². The molecule has 0 spiro atoms. The van der Waals surface area contributed by atoms with E-state index in [9.17, 15) is 19.5 Å². The van der Waals surface area contributed by atoms with Crippen LogP contribution in [0.15, 0.2) is 24.3 Å². The number of phenols is 1. The van der Waals surface area contributed by atoms with Crippen molar-refractivity contribution < 1.29 is 24.2 Å². The van der Waals surface area contributed by atoms with E-state index < -0.39 is 23.0 Å². The third-order valence-corrected chi connectivity index (χ3v) is 5.49. The zero-order valence-electron chi connectivity index (χ0n) is 13.2. The lowest BCUT2D eigenvalue weighted by atomic mass is 9.67. The van der Waals surface area contributed by atoms with Crippen LogP contribution >= 0.6 is 0 Å². The van der Waals surface area contributed by atoms with E-state index in [2.05, 4.69) is 10.6 Å². The number of aromatic hydroxyl groups is 1. The summed E-state index contributed by atoms with van der Waals surface area (Å²) in [6.07, 6.45) is 1.16. The normalized spacial score (nSPS) is 36.5. The Balaban J connectivity index is 1.58. The fraction of sp³-hybridized carbons (Fsp3) is 0.471. The van der Waals surface area contributed by atoms with Gasteiger partial charge in [0, 0.05) is 0 Å². The largest absolute Gasteiger partial charge is 0.506 e. The molecular weight excluding hydrogens is 312 g/mol. The van der Waals surface area contributed by atoms with Crippen LogP contribution in [0.1, 0.15) is 26.2 Å². The van der Waals surface area contributed by atoms with Gasteiger partial charge in [-0.05, 0) is 31.9 Å². The molecule has 0 saturated carbocycles. The number of imide groups is 1. The molecule has 4 unspecified atom stereocenters. The van der Waals surface area contributed by atoms with E-state index in [-0.39, 0.29) is 29.9 Å². The number of hydrogen-bond donors (Lipinski definition) is 3. The molecule has 3 saturated heterocycles. The first-order valence-electron chi connectivity index (χ1n) is 7.97. The SMILES string of the molecule is CC12CCC(CC(=O)Nc3ccccc3O)(O1)C1C(=O)NC(=O)C12. The Morgan fingerprint density at radius 1 is 1.29 bits per heavy atom. The zero-order chi connectivity index (χ0) is 17.1. The second-order valence-corrected chi connectivity index (χ2v) is 7.03. The molecule has 1 aromatic rings. The molecule has 4 atom stereocenters. The van der Waals surface area contributed by atoms with E-state index in [1.54, 1.807) is 18.2 Å². The lowest BCUT2D eigenvalue weighted by molar-refractivity contribution is -0.136. The molecule has 3 fully saturated rings. The number of fused-ring (bicyclic) bond motifs is 5. The van der Waals surface area contributed by atoms with Crippen molar-refractivity contribution in [3.8, 4) is 5.75 Å². The lowest BCUT2D eigenvalue weighted by Crippen LogP contribution is -2.44. The molecule has 3 aliphatic heterocycles. The first-order valence-corrected chi connectivity index (χ1v) is 7.97. The predicted octanol–water partition coefficient (Wildman–Crippen LogP) is 0.931. The number of nitrogens with one attached hydrogen (secondary N) is 2. The average Bonchev–Trinajstić information content (AvgIpc) is 3.09. The van der Waals surface area contributed by atoms with Crippen LogP contribution < -0.4 is 10.6 Å². The quantitative estimate of drug-likeness (QED) is 0.565. The van der Waals surface area contributed by atoms with E-state index in [0.717, 1.165) is 0 Å². The van der Waals surface area contributed by atoms with Gasteiger partial charge in [0.25, 0.3) is 0 Å². The maximum atomic E-state index is 12.5. The molecule has 2 bridgehead atoms. The average molecular weight is 330 g/mol. The number of benzene rings is 1. The van der Waals surface area contributed by atoms with Gasteiger partial charge in [0.2, 0.25) is 17.7 Å². The number of carbonyl (C=O) groups excluding carboxylic acids is 3. The molecule has 4 rings (SSSR count). The van der Waals surface area contributed by atoms with E-state index in [1.807, 2.05) is 6.92 Å². The van der Waals surface area contributed by atoms with Crippen molar-refractivity contribution in [3.63, 3.8) is 0 Å². The van der Waals surface area contributed by atoms with Gasteiger partial charge in [-0.1, -0.05) is 12.1 Å². The number of phenolic OH excluding ortho intramolecular Hbond substituents is 1. The molecular formula is C17H18N2O5. The van der Waals surface area contributed by atoms with Crippen LogP contribution in [0.4, 0.5) is 5.69 Å². The molecule has 1 aromatic carbocycles. The van der Waals surface area contributed by atoms with Gasteiger partial charge < -0.3 is 15.2 Å². The number of para-hydroxylation sites is 2. The highest BCUT2D eigenvalue weighted by atomic mass is 16.5. The Labute approximate surface area is 138 Å². The summed E-state index contributed by atoms with van der Waals surface area (Å²) >= 11 is 0. The summed E-state index contributed by atoms with van der Waals surface area (Å²) in [4.78, 5) is 36.8. The molecule has 3 amide bonds. The van der Waals surface area contributed by atoms with Gasteiger partial charge in [-0.25, -0.2) is 0 Å². The highest BCUT2D eigenvalue weighted by Crippen LogP contribution is 2.60. The van der Waals surface area contributed by atoms with Crippen LogP contribution in [0.25, 0.3) is 0 Å². The fourth-order valence-corrected chi connectivity index (χ4v) is 4.50. The van der Waals surface area contributed by atoms with Crippen molar-refractivity contribution in [2.75, 3.05) is 5.32 Å². The van der Waals surface area contributed by atoms with Gasteiger partial charge in [0.05, 0.1) is 35.1 Å². The predicted molar refractivity (Wildman–Crippen MR) is 82.9 cm³/mol. The third kappa shape index (κ3) is 1.97. The number of rotatable bonds is 3. The number of anilines is 1. The minimum atomic E-state index is -0.954. The molecule has 0 radical (unpaired) electrons. The maximum Gasteiger partial charge on any atom is 0.233 e. The van der Waals surface area contributed by atoms with Gasteiger partial charge in [-0.15, -0.1) is 0 Å². The smallest absolute Gasteiger partial charge is 0.233 e. The lowest BCUT2D eigenvalue weighted by Gasteiger charge is -2.30. The van der Waals surface area contributed by atoms with Crippen molar-refractivity contribution >= 4 is 23.4 Å². The van der Waals surface area contributed by atoms with Crippen molar-refractivity contribution in [1.29, 1.82) is 0 Å². The van der Waals surface area contributed by atoms with Crippen molar-refractivity contribution in [3.05, 3.63) is 24.3 Å². The number of hydrogen-bond acceptors (Lipinski definition) is 5. The Bertz CT molecular complexity index is 763. The van der Waals surface area contributed by atoms with Gasteiger partial charge in [-0.2, -0.15) is 0 Å². The zero-order valence-corrected chi connectivity index (χ0v) is 13.2. The second-order valence-electron chi connectivity index (χ2n) is 7.03. The molecule has 3 N–H and O–H groups in total. The van der Waals surface area contributed by atoms with Gasteiger partial charge >= 0.3 is 0 Å².